The van der Waals surface area contributed by atoms with Crippen LogP contribution < -0.4 is 5.32 Å². The van der Waals surface area contributed by atoms with E-state index in [9.17, 15) is 4.21 Å². The Hall–Kier alpha value is -0.260. The van der Waals surface area contributed by atoms with Gasteiger partial charge in [-0.3, -0.25) is 9.19 Å². The van der Waals surface area contributed by atoms with Crippen molar-refractivity contribution >= 4 is 22.1 Å². The van der Waals surface area contributed by atoms with Gasteiger partial charge in [-0.25, -0.2) is 0 Å². The molecule has 0 bridgehead atoms. The van der Waals surface area contributed by atoms with Gasteiger partial charge in [0.25, 0.3) is 0 Å². The van der Waals surface area contributed by atoms with Crippen LogP contribution in [0.15, 0.2) is 11.7 Å². The van der Waals surface area contributed by atoms with Gasteiger partial charge in [0.15, 0.2) is 0 Å². The molecule has 3 nitrogen and oxygen atoms in total. The third-order valence-electron chi connectivity index (χ3n) is 1.35. The van der Waals surface area contributed by atoms with E-state index in [0.29, 0.717) is 0 Å². The first-order valence-corrected chi connectivity index (χ1v) is 6.28. The molecule has 5 heteroatoms. The maximum atomic E-state index is 10.7. The van der Waals surface area contributed by atoms with E-state index in [2.05, 4.69) is 10.3 Å². The Morgan fingerprint density at radius 2 is 2.58 bits per heavy atom. The molecule has 1 heterocycles. The van der Waals surface area contributed by atoms with Gasteiger partial charge >= 0.3 is 0 Å². The van der Waals surface area contributed by atoms with E-state index in [-0.39, 0.29) is 0 Å². The molecule has 0 aliphatic rings. The Kier molecular flexibility index (Phi) is 4.42. The van der Waals surface area contributed by atoms with Crippen LogP contribution in [0.5, 0.6) is 0 Å². The topological polar surface area (TPSA) is 42.0 Å². The summed E-state index contributed by atoms with van der Waals surface area (Å²) in [6.07, 6.45) is 3.56. The summed E-state index contributed by atoms with van der Waals surface area (Å²) in [6, 6.07) is 0. The van der Waals surface area contributed by atoms with E-state index < -0.39 is 10.8 Å². The Morgan fingerprint density at radius 3 is 3.17 bits per heavy atom. The van der Waals surface area contributed by atoms with Crippen molar-refractivity contribution in [2.24, 2.45) is 0 Å². The minimum absolute atomic E-state index is 0.689. The predicted octanol–water partition coefficient (Wildman–Crippen LogP) is 0.611. The summed E-state index contributed by atoms with van der Waals surface area (Å²) in [6.45, 7) is 1.64. The third-order valence-corrected chi connectivity index (χ3v) is 2.91. The average Bonchev–Trinajstić information content (AvgIpc) is 2.49. The van der Waals surface area contributed by atoms with Crippen LogP contribution >= 0.6 is 11.3 Å². The van der Waals surface area contributed by atoms with Gasteiger partial charge in [0, 0.05) is 47.0 Å². The Morgan fingerprint density at radius 1 is 1.75 bits per heavy atom. The first kappa shape index (κ1) is 9.83. The van der Waals surface area contributed by atoms with Crippen molar-refractivity contribution in [3.63, 3.8) is 0 Å². The monoisotopic (exact) mass is 204 g/mol. The first-order chi connectivity index (χ1) is 5.79. The maximum absolute atomic E-state index is 10.7. The van der Waals surface area contributed by atoms with Crippen LogP contribution in [0.2, 0.25) is 0 Å². The molecule has 1 rings (SSSR count). The van der Waals surface area contributed by atoms with E-state index in [0.717, 1.165) is 18.8 Å². The maximum Gasteiger partial charge on any atom is 0.0794 e. The molecule has 0 aliphatic carbocycles. The van der Waals surface area contributed by atoms with Crippen molar-refractivity contribution in [2.75, 3.05) is 18.6 Å². The molecule has 0 saturated carbocycles. The molecule has 0 fully saturated rings. The quantitative estimate of drug-likeness (QED) is 0.715. The van der Waals surface area contributed by atoms with Crippen molar-refractivity contribution in [2.45, 2.75) is 6.54 Å². The lowest BCUT2D eigenvalue weighted by Gasteiger charge is -1.99. The Balaban J connectivity index is 2.07. The largest absolute Gasteiger partial charge is 0.311 e. The van der Waals surface area contributed by atoms with Crippen LogP contribution in [0.1, 0.15) is 4.88 Å². The van der Waals surface area contributed by atoms with Gasteiger partial charge in [-0.15, -0.1) is 11.3 Å². The molecule has 12 heavy (non-hydrogen) atoms. The fourth-order valence-electron chi connectivity index (χ4n) is 0.757. The van der Waals surface area contributed by atoms with E-state index in [1.807, 2.05) is 11.7 Å². The molecule has 0 radical (unpaired) electrons. The van der Waals surface area contributed by atoms with Gasteiger partial charge in [-0.2, -0.15) is 0 Å². The molecule has 0 spiro atoms. The third kappa shape index (κ3) is 3.94. The highest BCUT2D eigenvalue weighted by Crippen LogP contribution is 2.03. The number of nitrogens with one attached hydrogen (secondary N) is 1. The standard InChI is InChI=1S/C7H12N2OS2/c1-12(10)3-2-8-4-7-5-9-6-11-7/h5-6,8H,2-4H2,1H3. The summed E-state index contributed by atoms with van der Waals surface area (Å²) < 4.78 is 10.7. The SMILES string of the molecule is CS(=O)CCNCc1cncs1. The van der Waals surface area contributed by atoms with Gasteiger partial charge in [0.05, 0.1) is 5.51 Å². The second-order valence-corrected chi connectivity index (χ2v) is 4.95. The molecule has 0 saturated heterocycles. The number of hydrogen-bond donors (Lipinski definition) is 1. The minimum Gasteiger partial charge on any atom is -0.311 e. The van der Waals surface area contributed by atoms with Gasteiger partial charge in [-0.05, 0) is 0 Å². The van der Waals surface area contributed by atoms with Gasteiger partial charge in [0.1, 0.15) is 0 Å². The number of thiazole rings is 1. The Bertz CT molecular complexity index is 236. The van der Waals surface area contributed by atoms with Crippen molar-refractivity contribution in [1.82, 2.24) is 10.3 Å². The van der Waals surface area contributed by atoms with E-state index >= 15 is 0 Å². The molecule has 0 amide bonds. The van der Waals surface area contributed by atoms with Crippen LogP contribution in [0.25, 0.3) is 0 Å². The summed E-state index contributed by atoms with van der Waals surface area (Å²) in [5.74, 6) is 0.721. The zero-order valence-electron chi connectivity index (χ0n) is 6.95. The van der Waals surface area contributed by atoms with Crippen LogP contribution in [0.4, 0.5) is 0 Å². The van der Waals surface area contributed by atoms with Gasteiger partial charge < -0.3 is 5.32 Å². The smallest absolute Gasteiger partial charge is 0.0794 e. The molecular formula is C7H12N2OS2. The zero-order valence-corrected chi connectivity index (χ0v) is 8.58. The highest BCUT2D eigenvalue weighted by Gasteiger charge is 1.94. The van der Waals surface area contributed by atoms with E-state index in [1.165, 1.54) is 4.88 Å². The van der Waals surface area contributed by atoms with Crippen molar-refractivity contribution < 1.29 is 4.21 Å². The van der Waals surface area contributed by atoms with E-state index in [1.54, 1.807) is 17.6 Å². The molecule has 1 unspecified atom stereocenters. The average molecular weight is 204 g/mol. The summed E-state index contributed by atoms with van der Waals surface area (Å²) in [4.78, 5) is 5.17. The summed E-state index contributed by atoms with van der Waals surface area (Å²) in [7, 11) is -0.689. The summed E-state index contributed by atoms with van der Waals surface area (Å²) in [5.41, 5.74) is 1.81. The molecule has 68 valence electrons. The molecule has 1 aromatic heterocycles. The lowest BCUT2D eigenvalue weighted by Crippen LogP contribution is -2.18. The molecule has 1 N–H and O–H groups in total. The van der Waals surface area contributed by atoms with Crippen molar-refractivity contribution in [1.29, 1.82) is 0 Å². The van der Waals surface area contributed by atoms with Crippen molar-refractivity contribution in [3.8, 4) is 0 Å². The summed E-state index contributed by atoms with van der Waals surface area (Å²) >= 11 is 1.63. The number of aromatic nitrogens is 1. The number of rotatable bonds is 5. The molecule has 0 aliphatic heterocycles. The van der Waals surface area contributed by atoms with Crippen LogP contribution in [-0.4, -0.2) is 27.7 Å². The van der Waals surface area contributed by atoms with Crippen LogP contribution in [-0.2, 0) is 17.3 Å². The predicted molar refractivity (Wildman–Crippen MR) is 52.8 cm³/mol. The lowest BCUT2D eigenvalue weighted by molar-refractivity contribution is 0.677. The normalized spacial score (nSPS) is 13.1. The molecule has 0 aromatic carbocycles. The first-order valence-electron chi connectivity index (χ1n) is 3.67. The van der Waals surface area contributed by atoms with Crippen LogP contribution in [0.3, 0.4) is 0 Å². The molecule has 1 atom stereocenters. The van der Waals surface area contributed by atoms with Crippen LogP contribution in [0, 0.1) is 0 Å². The second-order valence-electron chi connectivity index (χ2n) is 2.42. The van der Waals surface area contributed by atoms with Gasteiger partial charge in [0.2, 0.25) is 0 Å². The Labute approximate surface area is 78.7 Å². The minimum atomic E-state index is -0.689. The second kappa shape index (κ2) is 5.40. The number of hydrogen-bond acceptors (Lipinski definition) is 4. The fourth-order valence-corrected chi connectivity index (χ4v) is 1.75. The zero-order chi connectivity index (χ0) is 8.81. The highest BCUT2D eigenvalue weighted by molar-refractivity contribution is 7.84. The lowest BCUT2D eigenvalue weighted by atomic mass is 10.5. The fraction of sp³-hybridized carbons (Fsp3) is 0.571. The van der Waals surface area contributed by atoms with Gasteiger partial charge in [-0.1, -0.05) is 0 Å². The van der Waals surface area contributed by atoms with Crippen molar-refractivity contribution in [3.05, 3.63) is 16.6 Å². The van der Waals surface area contributed by atoms with E-state index in [4.69, 9.17) is 0 Å². The highest BCUT2D eigenvalue weighted by atomic mass is 32.2. The molecule has 1 aromatic rings. The number of nitrogens with zero attached hydrogens (tertiary/aromatic N) is 1. The molecular weight excluding hydrogens is 192 g/mol. The summed E-state index contributed by atoms with van der Waals surface area (Å²) in [5, 5.41) is 3.20.